The third-order valence-corrected chi connectivity index (χ3v) is 10.3. The van der Waals surface area contributed by atoms with E-state index >= 15 is 0 Å². The highest BCUT2D eigenvalue weighted by molar-refractivity contribution is 6.35. The van der Waals surface area contributed by atoms with Crippen molar-refractivity contribution in [2.24, 2.45) is 23.2 Å². The van der Waals surface area contributed by atoms with Crippen LogP contribution in [-0.2, 0) is 4.79 Å². The average molecular weight is 589 g/mol. The molecule has 6 rings (SSSR count). The highest BCUT2D eigenvalue weighted by Gasteiger charge is 2.49. The molecule has 2 saturated carbocycles. The van der Waals surface area contributed by atoms with Crippen molar-refractivity contribution in [2.45, 2.75) is 70.6 Å². The Kier molecular flexibility index (Phi) is 7.66. The first-order valence-electron chi connectivity index (χ1n) is 14.6. The van der Waals surface area contributed by atoms with Gasteiger partial charge in [0.15, 0.2) is 0 Å². The van der Waals surface area contributed by atoms with E-state index in [0.29, 0.717) is 39.7 Å². The van der Waals surface area contributed by atoms with Crippen LogP contribution < -0.4 is 10.2 Å². The second-order valence-corrected chi connectivity index (χ2v) is 13.6. The van der Waals surface area contributed by atoms with Crippen molar-refractivity contribution in [3.05, 3.63) is 45.6 Å². The number of aromatic nitrogens is 2. The van der Waals surface area contributed by atoms with E-state index in [0.717, 1.165) is 63.0 Å². The molecule has 0 spiro atoms. The van der Waals surface area contributed by atoms with Gasteiger partial charge in [-0.2, -0.15) is 4.98 Å². The Balaban J connectivity index is 1.11. The Labute approximate surface area is 246 Å². The van der Waals surface area contributed by atoms with E-state index in [1.807, 2.05) is 26.0 Å². The molecule has 4 fully saturated rings. The maximum atomic E-state index is 11.5. The minimum atomic E-state index is -0.665. The van der Waals surface area contributed by atoms with E-state index in [-0.39, 0.29) is 12.0 Å². The molecule has 216 valence electrons. The summed E-state index contributed by atoms with van der Waals surface area (Å²) in [6, 6.07) is 5.75. The standard InChI is InChI=1S/C30H39Cl2N5O3/c1-17(23-8-7-21(31)10-25(23)32)34-27-24(26(38)18-5-6-18)13-33-29(35-27)37-15-20(16-37)19-4-3-9-36(14-19)22-11-30(2,12-22)28(39)40/h7-8,10,13,17-20,22,26,38H,3-6,9,11-12,14-16H2,1-2H3,(H,39,40)(H,33,34,35)/t17-,19+,22?,26?,30?/m1/s1. The Bertz CT molecular complexity index is 1260. The van der Waals surface area contributed by atoms with Gasteiger partial charge in [-0.3, -0.25) is 4.79 Å². The fraction of sp³-hybridized carbons (Fsp3) is 0.633. The molecule has 2 aliphatic carbocycles. The number of aliphatic hydroxyl groups excluding tert-OH is 1. The van der Waals surface area contributed by atoms with Crippen LogP contribution in [0.5, 0.6) is 0 Å². The maximum Gasteiger partial charge on any atom is 0.309 e. The van der Waals surface area contributed by atoms with Crippen molar-refractivity contribution < 1.29 is 15.0 Å². The quantitative estimate of drug-likeness (QED) is 0.338. The van der Waals surface area contributed by atoms with Gasteiger partial charge in [0.2, 0.25) is 5.95 Å². The van der Waals surface area contributed by atoms with Crippen LogP contribution in [0.1, 0.15) is 75.6 Å². The smallest absolute Gasteiger partial charge is 0.309 e. The summed E-state index contributed by atoms with van der Waals surface area (Å²) in [7, 11) is 0. The maximum absolute atomic E-state index is 11.5. The lowest BCUT2D eigenvalue weighted by atomic mass is 9.65. The number of rotatable bonds is 9. The van der Waals surface area contributed by atoms with E-state index in [1.54, 1.807) is 12.3 Å². The number of carbonyl (C=O) groups is 1. The number of carboxylic acid groups (broad SMARTS) is 1. The number of piperidine rings is 1. The molecule has 1 aromatic carbocycles. The number of nitrogens with one attached hydrogen (secondary N) is 1. The van der Waals surface area contributed by atoms with Crippen LogP contribution in [-0.4, -0.2) is 63.3 Å². The number of likely N-dealkylation sites (tertiary alicyclic amines) is 1. The van der Waals surface area contributed by atoms with E-state index in [4.69, 9.17) is 28.2 Å². The number of hydrogen-bond donors (Lipinski definition) is 3. The lowest BCUT2D eigenvalue weighted by molar-refractivity contribution is -0.158. The summed E-state index contributed by atoms with van der Waals surface area (Å²) in [6.45, 7) is 7.86. The number of aliphatic carboxylic acids is 1. The minimum absolute atomic E-state index is 0.135. The number of hydrogen-bond acceptors (Lipinski definition) is 7. The Morgan fingerprint density at radius 2 is 1.88 bits per heavy atom. The second-order valence-electron chi connectivity index (χ2n) is 12.8. The van der Waals surface area contributed by atoms with E-state index in [9.17, 15) is 15.0 Å². The molecule has 0 bridgehead atoms. The summed E-state index contributed by atoms with van der Waals surface area (Å²) in [5.41, 5.74) is 1.10. The molecule has 2 saturated heterocycles. The van der Waals surface area contributed by atoms with Gasteiger partial charge in [-0.1, -0.05) is 29.3 Å². The first-order chi connectivity index (χ1) is 19.1. The van der Waals surface area contributed by atoms with Gasteiger partial charge >= 0.3 is 5.97 Å². The first-order valence-corrected chi connectivity index (χ1v) is 15.4. The predicted octanol–water partition coefficient (Wildman–Crippen LogP) is 5.80. The first kappa shape index (κ1) is 28.0. The number of benzene rings is 1. The van der Waals surface area contributed by atoms with E-state index in [1.165, 1.54) is 12.8 Å². The minimum Gasteiger partial charge on any atom is -0.481 e. The molecule has 2 aromatic rings. The van der Waals surface area contributed by atoms with Crippen molar-refractivity contribution in [1.29, 1.82) is 0 Å². The Morgan fingerprint density at radius 1 is 1.12 bits per heavy atom. The highest BCUT2D eigenvalue weighted by Crippen LogP contribution is 2.46. The van der Waals surface area contributed by atoms with Crippen LogP contribution in [0.15, 0.2) is 24.4 Å². The third kappa shape index (κ3) is 5.52. The van der Waals surface area contributed by atoms with Gasteiger partial charge in [-0.05, 0) is 94.4 Å². The fourth-order valence-electron chi connectivity index (χ4n) is 6.81. The topological polar surface area (TPSA) is 102 Å². The van der Waals surface area contributed by atoms with Crippen LogP contribution in [0, 0.1) is 23.2 Å². The summed E-state index contributed by atoms with van der Waals surface area (Å²) in [4.78, 5) is 25.9. The molecule has 4 aliphatic rings. The lowest BCUT2D eigenvalue weighted by Gasteiger charge is -2.52. The van der Waals surface area contributed by atoms with Gasteiger partial charge in [-0.25, -0.2) is 4.98 Å². The lowest BCUT2D eigenvalue weighted by Crippen LogP contribution is -2.58. The molecule has 3 N–H and O–H groups in total. The predicted molar refractivity (Wildman–Crippen MR) is 157 cm³/mol. The average Bonchev–Trinajstić information content (AvgIpc) is 3.71. The molecule has 1 aromatic heterocycles. The molecule has 3 heterocycles. The van der Waals surface area contributed by atoms with Crippen LogP contribution in [0.2, 0.25) is 10.0 Å². The van der Waals surface area contributed by atoms with Crippen molar-refractivity contribution in [2.75, 3.05) is 36.4 Å². The van der Waals surface area contributed by atoms with Crippen LogP contribution in [0.25, 0.3) is 0 Å². The monoisotopic (exact) mass is 587 g/mol. The molecule has 1 unspecified atom stereocenters. The summed E-state index contributed by atoms with van der Waals surface area (Å²) >= 11 is 12.6. The van der Waals surface area contributed by atoms with Crippen LogP contribution in [0.3, 0.4) is 0 Å². The van der Waals surface area contributed by atoms with Gasteiger partial charge in [0, 0.05) is 47.5 Å². The van der Waals surface area contributed by atoms with E-state index < -0.39 is 17.5 Å². The Hall–Kier alpha value is -2.13. The van der Waals surface area contributed by atoms with Crippen LogP contribution in [0.4, 0.5) is 11.8 Å². The van der Waals surface area contributed by atoms with Crippen molar-refractivity contribution >= 4 is 40.9 Å². The number of halogens is 2. The molecular weight excluding hydrogens is 549 g/mol. The largest absolute Gasteiger partial charge is 0.481 e. The summed E-state index contributed by atoms with van der Waals surface area (Å²) in [5.74, 6) is 2.13. The van der Waals surface area contributed by atoms with Crippen LogP contribution >= 0.6 is 23.2 Å². The molecule has 0 amide bonds. The van der Waals surface area contributed by atoms with Crippen molar-refractivity contribution in [3.63, 3.8) is 0 Å². The zero-order valence-corrected chi connectivity index (χ0v) is 24.7. The molecule has 8 nitrogen and oxygen atoms in total. The summed E-state index contributed by atoms with van der Waals surface area (Å²) in [6.07, 6.45) is 7.14. The van der Waals surface area contributed by atoms with Gasteiger partial charge in [-0.15, -0.1) is 0 Å². The zero-order valence-electron chi connectivity index (χ0n) is 23.2. The van der Waals surface area contributed by atoms with Crippen molar-refractivity contribution in [3.8, 4) is 0 Å². The highest BCUT2D eigenvalue weighted by atomic mass is 35.5. The van der Waals surface area contributed by atoms with Gasteiger partial charge < -0.3 is 25.3 Å². The third-order valence-electron chi connectivity index (χ3n) is 9.73. The van der Waals surface area contributed by atoms with E-state index in [2.05, 4.69) is 20.1 Å². The summed E-state index contributed by atoms with van der Waals surface area (Å²) < 4.78 is 0. The zero-order chi connectivity index (χ0) is 28.2. The molecule has 2 aliphatic heterocycles. The number of aliphatic hydroxyl groups is 1. The fourth-order valence-corrected chi connectivity index (χ4v) is 7.38. The summed E-state index contributed by atoms with van der Waals surface area (Å²) in [5, 5.41) is 25.1. The second kappa shape index (κ2) is 10.9. The van der Waals surface area contributed by atoms with Gasteiger partial charge in [0.25, 0.3) is 0 Å². The SMILES string of the molecule is C[C@@H](Nc1nc(N2CC([C@H]3CCCN(C4CC(C)(C(=O)O)C4)C3)C2)ncc1C(O)C1CC1)c1ccc(Cl)cc1Cl. The normalized spacial score (nSPS) is 28.9. The Morgan fingerprint density at radius 3 is 2.55 bits per heavy atom. The van der Waals surface area contributed by atoms with Crippen molar-refractivity contribution in [1.82, 2.24) is 14.9 Å². The molecule has 0 radical (unpaired) electrons. The number of carboxylic acids is 1. The number of anilines is 2. The van der Waals surface area contributed by atoms with Gasteiger partial charge in [0.1, 0.15) is 5.82 Å². The molecular formula is C30H39Cl2N5O3. The molecule has 3 atom stereocenters. The molecule has 40 heavy (non-hydrogen) atoms. The molecule has 10 heteroatoms. The van der Waals surface area contributed by atoms with Gasteiger partial charge in [0.05, 0.1) is 17.6 Å². The number of nitrogens with zero attached hydrogens (tertiary/aromatic N) is 4.